The predicted octanol–water partition coefficient (Wildman–Crippen LogP) is 12.1. The third-order valence-corrected chi connectivity index (χ3v) is 9.71. The number of ether oxygens (including phenoxy) is 2. The van der Waals surface area contributed by atoms with Crippen LogP contribution in [0.2, 0.25) is 0 Å². The van der Waals surface area contributed by atoms with Crippen LogP contribution in [0.25, 0.3) is 0 Å². The Morgan fingerprint density at radius 1 is 0.460 bits per heavy atom. The van der Waals surface area contributed by atoms with Gasteiger partial charge in [0.1, 0.15) is 0 Å². The number of hydrogen-bond acceptors (Lipinski definition) is 6. The second kappa shape index (κ2) is 40.1. The fraction of sp³-hybridized carbons (Fsp3) is 0.864. The van der Waals surface area contributed by atoms with Gasteiger partial charge in [-0.25, -0.2) is 0 Å². The Labute approximate surface area is 309 Å². The van der Waals surface area contributed by atoms with Crippen LogP contribution in [0.4, 0.5) is 0 Å². The molecule has 2 atom stereocenters. The van der Waals surface area contributed by atoms with Crippen molar-refractivity contribution in [3.8, 4) is 0 Å². The number of unbranched alkanes of at least 4 members (excludes halogenated alkanes) is 21. The molecular weight excluding hydrogens is 624 g/mol. The fourth-order valence-electron chi connectivity index (χ4n) is 6.29. The van der Waals surface area contributed by atoms with E-state index < -0.39 is 0 Å². The van der Waals surface area contributed by atoms with Crippen LogP contribution in [0.15, 0.2) is 24.3 Å². The zero-order valence-electron chi connectivity index (χ0n) is 33.0. The van der Waals surface area contributed by atoms with Crippen LogP contribution in [0.5, 0.6) is 0 Å². The summed E-state index contributed by atoms with van der Waals surface area (Å²) in [5.41, 5.74) is 0. The summed E-state index contributed by atoms with van der Waals surface area (Å²) in [5, 5.41) is 19.3. The maximum absolute atomic E-state index is 12.0. The molecule has 0 heterocycles. The van der Waals surface area contributed by atoms with E-state index in [1.54, 1.807) is 0 Å². The molecule has 2 N–H and O–H groups in total. The third-order valence-electron chi connectivity index (χ3n) is 9.71. The highest BCUT2D eigenvalue weighted by molar-refractivity contribution is 5.69. The van der Waals surface area contributed by atoms with Crippen molar-refractivity contribution in [1.29, 1.82) is 0 Å². The van der Waals surface area contributed by atoms with Gasteiger partial charge in [0.25, 0.3) is 0 Å². The molecule has 6 heteroatoms. The minimum Gasteiger partial charge on any atom is -0.466 e. The first kappa shape index (κ1) is 48.3. The number of rotatable bonds is 39. The van der Waals surface area contributed by atoms with Gasteiger partial charge in [-0.05, 0) is 88.9 Å². The minimum absolute atomic E-state index is 0.0931. The Balaban J connectivity index is 3.52. The molecule has 0 amide bonds. The minimum atomic E-state index is -0.0931. The molecule has 0 aliphatic carbocycles. The maximum atomic E-state index is 12.0. The average Bonchev–Trinajstić information content (AvgIpc) is 3.12. The standard InChI is InChI=1S/C44H82O6/c1-3-5-7-9-11-15-23-31-41(39-45)33-25-17-13-19-27-35-43(47)49-37-29-21-22-30-38-50-44(48)36-28-20-14-18-26-34-42(40-46)32-24-16-12-10-8-6-4-2/h23-24,31-32,41-42,45-46H,3-22,25-30,33-40H2,1-2H3/b31-23+,32-24?. The molecule has 0 bridgehead atoms. The zero-order chi connectivity index (χ0) is 36.6. The van der Waals surface area contributed by atoms with E-state index in [0.717, 1.165) is 116 Å². The number of carbonyl (C=O) groups excluding carboxylic acids is 2. The van der Waals surface area contributed by atoms with Gasteiger partial charge in [0.05, 0.1) is 13.2 Å². The second-order valence-electron chi connectivity index (χ2n) is 14.6. The van der Waals surface area contributed by atoms with Crippen molar-refractivity contribution < 1.29 is 29.3 Å². The predicted molar refractivity (Wildman–Crippen MR) is 211 cm³/mol. The molecule has 294 valence electrons. The van der Waals surface area contributed by atoms with Crippen LogP contribution in [0.1, 0.15) is 206 Å². The molecule has 0 aliphatic rings. The number of aliphatic hydroxyl groups is 2. The highest BCUT2D eigenvalue weighted by Crippen LogP contribution is 2.16. The lowest BCUT2D eigenvalue weighted by Crippen LogP contribution is -2.07. The molecule has 0 aliphatic heterocycles. The molecule has 6 nitrogen and oxygen atoms in total. The topological polar surface area (TPSA) is 93.1 Å². The zero-order valence-corrected chi connectivity index (χ0v) is 33.0. The summed E-state index contributed by atoms with van der Waals surface area (Å²) < 4.78 is 10.8. The Kier molecular flexibility index (Phi) is 38.8. The molecule has 0 saturated heterocycles. The molecule has 50 heavy (non-hydrogen) atoms. The van der Waals surface area contributed by atoms with Gasteiger partial charge in [-0.1, -0.05) is 141 Å². The van der Waals surface area contributed by atoms with E-state index in [1.807, 2.05) is 0 Å². The molecule has 0 fully saturated rings. The smallest absolute Gasteiger partial charge is 0.305 e. The van der Waals surface area contributed by atoms with Crippen LogP contribution in [-0.2, 0) is 19.1 Å². The van der Waals surface area contributed by atoms with E-state index in [-0.39, 0.29) is 37.0 Å². The van der Waals surface area contributed by atoms with Gasteiger partial charge >= 0.3 is 11.9 Å². The van der Waals surface area contributed by atoms with E-state index in [4.69, 9.17) is 9.47 Å². The van der Waals surface area contributed by atoms with E-state index >= 15 is 0 Å². The summed E-state index contributed by atoms with van der Waals surface area (Å²) in [7, 11) is 0. The normalized spacial score (nSPS) is 13.0. The number of esters is 2. The van der Waals surface area contributed by atoms with Crippen molar-refractivity contribution in [1.82, 2.24) is 0 Å². The van der Waals surface area contributed by atoms with Crippen LogP contribution in [0, 0.1) is 11.8 Å². The monoisotopic (exact) mass is 707 g/mol. The molecule has 0 radical (unpaired) electrons. The molecule has 0 rings (SSSR count). The van der Waals surface area contributed by atoms with Crippen LogP contribution in [-0.4, -0.2) is 48.6 Å². The van der Waals surface area contributed by atoms with Gasteiger partial charge in [-0.3, -0.25) is 9.59 Å². The summed E-state index contributed by atoms with van der Waals surface area (Å²) >= 11 is 0. The fourth-order valence-corrected chi connectivity index (χ4v) is 6.29. The summed E-state index contributed by atoms with van der Waals surface area (Å²) in [5.74, 6) is 0.381. The second-order valence-corrected chi connectivity index (χ2v) is 14.6. The van der Waals surface area contributed by atoms with Crippen LogP contribution in [0.3, 0.4) is 0 Å². The molecular formula is C44H82O6. The quantitative estimate of drug-likeness (QED) is 0.0375. The van der Waals surface area contributed by atoms with E-state index in [0.29, 0.717) is 26.1 Å². The lowest BCUT2D eigenvalue weighted by atomic mass is 9.99. The Morgan fingerprint density at radius 2 is 0.800 bits per heavy atom. The average molecular weight is 707 g/mol. The number of hydrogen-bond donors (Lipinski definition) is 2. The van der Waals surface area contributed by atoms with Crippen molar-refractivity contribution in [2.24, 2.45) is 11.8 Å². The molecule has 0 aromatic rings. The van der Waals surface area contributed by atoms with Crippen molar-refractivity contribution >= 4 is 11.9 Å². The Bertz CT molecular complexity index is 714. The molecule has 0 aromatic carbocycles. The highest BCUT2D eigenvalue weighted by atomic mass is 16.5. The van der Waals surface area contributed by atoms with Crippen molar-refractivity contribution in [2.45, 2.75) is 206 Å². The van der Waals surface area contributed by atoms with Gasteiger partial charge in [-0.2, -0.15) is 0 Å². The molecule has 2 unspecified atom stereocenters. The lowest BCUT2D eigenvalue weighted by Gasteiger charge is -2.09. The summed E-state index contributed by atoms with van der Waals surface area (Å²) in [4.78, 5) is 24.0. The molecule has 0 spiro atoms. The summed E-state index contributed by atoms with van der Waals surface area (Å²) in [6.45, 7) is 5.91. The largest absolute Gasteiger partial charge is 0.466 e. The van der Waals surface area contributed by atoms with Gasteiger partial charge in [-0.15, -0.1) is 0 Å². The Morgan fingerprint density at radius 3 is 1.20 bits per heavy atom. The van der Waals surface area contributed by atoms with Gasteiger partial charge in [0.15, 0.2) is 0 Å². The van der Waals surface area contributed by atoms with Crippen LogP contribution >= 0.6 is 0 Å². The highest BCUT2D eigenvalue weighted by Gasteiger charge is 2.07. The van der Waals surface area contributed by atoms with E-state index in [2.05, 4.69) is 38.2 Å². The lowest BCUT2D eigenvalue weighted by molar-refractivity contribution is -0.145. The molecule has 0 aromatic heterocycles. The summed E-state index contributed by atoms with van der Waals surface area (Å²) in [6.07, 6.45) is 41.6. The third kappa shape index (κ3) is 36.1. The molecule has 0 saturated carbocycles. The number of carbonyl (C=O) groups is 2. The van der Waals surface area contributed by atoms with Crippen LogP contribution < -0.4 is 0 Å². The van der Waals surface area contributed by atoms with Gasteiger partial charge < -0.3 is 19.7 Å². The Hall–Kier alpha value is -1.66. The van der Waals surface area contributed by atoms with Crippen molar-refractivity contribution in [2.75, 3.05) is 26.4 Å². The SMILES string of the molecule is CCCCCCCC=CC(CO)CCCCCCCC(=O)OCCCCCCOC(=O)CCCCCCCC(/C=C/CCCCCCC)CO. The maximum Gasteiger partial charge on any atom is 0.305 e. The first-order valence-electron chi connectivity index (χ1n) is 21.4. The van der Waals surface area contributed by atoms with E-state index in [1.165, 1.54) is 64.2 Å². The van der Waals surface area contributed by atoms with Gasteiger partial charge in [0.2, 0.25) is 0 Å². The first-order valence-corrected chi connectivity index (χ1v) is 21.4. The van der Waals surface area contributed by atoms with E-state index in [9.17, 15) is 19.8 Å². The number of aliphatic hydroxyl groups excluding tert-OH is 2. The first-order chi connectivity index (χ1) is 24.6. The van der Waals surface area contributed by atoms with Crippen molar-refractivity contribution in [3.05, 3.63) is 24.3 Å². The van der Waals surface area contributed by atoms with Gasteiger partial charge in [0, 0.05) is 26.1 Å². The number of allylic oxidation sites excluding steroid dienone is 2. The van der Waals surface area contributed by atoms with Crippen molar-refractivity contribution in [3.63, 3.8) is 0 Å². The summed E-state index contributed by atoms with van der Waals surface area (Å²) in [6, 6.07) is 0.